The van der Waals surface area contributed by atoms with Gasteiger partial charge in [0.25, 0.3) is 0 Å². The minimum absolute atomic E-state index is 0.746. The molecule has 0 saturated heterocycles. The number of aromatic nitrogens is 2. The maximum Gasteiger partial charge on any atom is 0.110 e. The molecule has 1 aliphatic carbocycles. The van der Waals surface area contributed by atoms with Crippen LogP contribution in [0.4, 0.5) is 0 Å². The van der Waals surface area contributed by atoms with E-state index < -0.39 is 0 Å². The summed E-state index contributed by atoms with van der Waals surface area (Å²) in [5.74, 6) is 1.05. The Morgan fingerprint density at radius 1 is 1.24 bits per heavy atom. The van der Waals surface area contributed by atoms with Crippen LogP contribution in [0, 0.1) is 0 Å². The first kappa shape index (κ1) is 10.5. The highest BCUT2D eigenvalue weighted by Crippen LogP contribution is 2.19. The van der Waals surface area contributed by atoms with Gasteiger partial charge < -0.3 is 10.3 Å². The Bertz CT molecular complexity index is 471. The van der Waals surface area contributed by atoms with Crippen LogP contribution in [0.15, 0.2) is 36.5 Å². The number of nitrogens with one attached hydrogen (secondary N) is 2. The Hall–Kier alpha value is -1.61. The molecule has 0 bridgehead atoms. The van der Waals surface area contributed by atoms with E-state index in [1.54, 1.807) is 0 Å². The van der Waals surface area contributed by atoms with Crippen LogP contribution in [-0.2, 0) is 13.0 Å². The standard InChI is InChI=1S/C14H17N3/c1-2-4-11(5-3-1)8-14-16-10-13(17-14)9-15-12-6-7-12/h1-5,10,12,15H,6-9H2,(H,16,17). The number of aromatic amines is 1. The first-order chi connectivity index (χ1) is 8.40. The van der Waals surface area contributed by atoms with Gasteiger partial charge in [-0.3, -0.25) is 0 Å². The summed E-state index contributed by atoms with van der Waals surface area (Å²) < 4.78 is 0. The van der Waals surface area contributed by atoms with Gasteiger partial charge in [-0.1, -0.05) is 30.3 Å². The first-order valence-electron chi connectivity index (χ1n) is 6.20. The number of imidazole rings is 1. The molecule has 2 N–H and O–H groups in total. The van der Waals surface area contributed by atoms with Crippen molar-refractivity contribution in [3.05, 3.63) is 53.6 Å². The topological polar surface area (TPSA) is 40.7 Å². The lowest BCUT2D eigenvalue weighted by Crippen LogP contribution is -2.15. The third-order valence-electron chi connectivity index (χ3n) is 3.05. The molecule has 17 heavy (non-hydrogen) atoms. The second-order valence-corrected chi connectivity index (χ2v) is 4.67. The van der Waals surface area contributed by atoms with E-state index in [1.807, 2.05) is 12.3 Å². The summed E-state index contributed by atoms with van der Waals surface area (Å²) in [7, 11) is 0. The number of hydrogen-bond acceptors (Lipinski definition) is 2. The molecule has 1 saturated carbocycles. The minimum Gasteiger partial charge on any atom is -0.345 e. The molecule has 3 nitrogen and oxygen atoms in total. The Morgan fingerprint density at radius 2 is 2.06 bits per heavy atom. The largest absolute Gasteiger partial charge is 0.345 e. The van der Waals surface area contributed by atoms with Crippen molar-refractivity contribution in [3.8, 4) is 0 Å². The molecule has 0 unspecified atom stereocenters. The van der Waals surface area contributed by atoms with E-state index >= 15 is 0 Å². The zero-order valence-electron chi connectivity index (χ0n) is 9.82. The number of rotatable bonds is 5. The molecule has 0 atom stereocenters. The van der Waals surface area contributed by atoms with E-state index in [1.165, 1.54) is 24.1 Å². The summed E-state index contributed by atoms with van der Waals surface area (Å²) in [4.78, 5) is 7.79. The highest BCUT2D eigenvalue weighted by molar-refractivity contribution is 5.19. The molecule has 3 rings (SSSR count). The molecule has 88 valence electrons. The minimum atomic E-state index is 0.746. The fraction of sp³-hybridized carbons (Fsp3) is 0.357. The van der Waals surface area contributed by atoms with Crippen molar-refractivity contribution in [2.24, 2.45) is 0 Å². The third kappa shape index (κ3) is 2.94. The van der Waals surface area contributed by atoms with Crippen LogP contribution >= 0.6 is 0 Å². The molecule has 1 aromatic heterocycles. The Morgan fingerprint density at radius 3 is 2.82 bits per heavy atom. The van der Waals surface area contributed by atoms with Crippen molar-refractivity contribution in [3.63, 3.8) is 0 Å². The van der Waals surface area contributed by atoms with Crippen molar-refractivity contribution in [1.82, 2.24) is 15.3 Å². The normalized spacial score (nSPS) is 15.1. The van der Waals surface area contributed by atoms with Gasteiger partial charge in [0.1, 0.15) is 5.82 Å². The zero-order chi connectivity index (χ0) is 11.5. The second kappa shape index (κ2) is 4.72. The van der Waals surface area contributed by atoms with Crippen molar-refractivity contribution in [2.75, 3.05) is 0 Å². The molecular weight excluding hydrogens is 210 g/mol. The fourth-order valence-corrected chi connectivity index (χ4v) is 1.92. The van der Waals surface area contributed by atoms with Gasteiger partial charge in [0.05, 0.1) is 0 Å². The van der Waals surface area contributed by atoms with Gasteiger partial charge in [-0.15, -0.1) is 0 Å². The van der Waals surface area contributed by atoms with E-state index in [2.05, 4.69) is 39.6 Å². The molecule has 0 amide bonds. The molecule has 0 spiro atoms. The summed E-state index contributed by atoms with van der Waals surface area (Å²) in [6.07, 6.45) is 5.47. The van der Waals surface area contributed by atoms with Crippen LogP contribution in [0.1, 0.15) is 29.9 Å². The van der Waals surface area contributed by atoms with Crippen molar-refractivity contribution in [1.29, 1.82) is 0 Å². The van der Waals surface area contributed by atoms with Crippen LogP contribution in [-0.4, -0.2) is 16.0 Å². The molecule has 2 aromatic rings. The Balaban J connectivity index is 1.59. The van der Waals surface area contributed by atoms with Gasteiger partial charge in [0, 0.05) is 30.9 Å². The van der Waals surface area contributed by atoms with Crippen LogP contribution in [0.3, 0.4) is 0 Å². The number of hydrogen-bond donors (Lipinski definition) is 2. The highest BCUT2D eigenvalue weighted by Gasteiger charge is 2.20. The summed E-state index contributed by atoms with van der Waals surface area (Å²) in [5.41, 5.74) is 2.48. The van der Waals surface area contributed by atoms with Crippen LogP contribution in [0.2, 0.25) is 0 Å². The number of benzene rings is 1. The van der Waals surface area contributed by atoms with Crippen molar-refractivity contribution in [2.45, 2.75) is 31.8 Å². The maximum atomic E-state index is 4.41. The van der Waals surface area contributed by atoms with E-state index in [4.69, 9.17) is 0 Å². The van der Waals surface area contributed by atoms with Gasteiger partial charge in [-0.25, -0.2) is 4.98 Å². The lowest BCUT2D eigenvalue weighted by molar-refractivity contribution is 0.676. The third-order valence-corrected chi connectivity index (χ3v) is 3.05. The lowest BCUT2D eigenvalue weighted by Gasteiger charge is -1.99. The smallest absolute Gasteiger partial charge is 0.110 e. The number of H-pyrrole nitrogens is 1. The molecule has 1 heterocycles. The van der Waals surface area contributed by atoms with Gasteiger partial charge in [0.2, 0.25) is 0 Å². The lowest BCUT2D eigenvalue weighted by atomic mass is 10.1. The van der Waals surface area contributed by atoms with Crippen LogP contribution in [0.25, 0.3) is 0 Å². The van der Waals surface area contributed by atoms with E-state index in [0.717, 1.165) is 24.8 Å². The predicted molar refractivity (Wildman–Crippen MR) is 67.7 cm³/mol. The van der Waals surface area contributed by atoms with E-state index in [9.17, 15) is 0 Å². The molecular formula is C14H17N3. The molecule has 3 heteroatoms. The Labute approximate surface area is 101 Å². The van der Waals surface area contributed by atoms with Crippen LogP contribution < -0.4 is 5.32 Å². The van der Waals surface area contributed by atoms with E-state index in [0.29, 0.717) is 0 Å². The molecule has 1 aromatic carbocycles. The van der Waals surface area contributed by atoms with Crippen molar-refractivity contribution >= 4 is 0 Å². The summed E-state index contributed by atoms with van der Waals surface area (Å²) in [6, 6.07) is 11.2. The number of nitrogens with zero attached hydrogens (tertiary/aromatic N) is 1. The van der Waals surface area contributed by atoms with E-state index in [-0.39, 0.29) is 0 Å². The molecule has 1 fully saturated rings. The van der Waals surface area contributed by atoms with Gasteiger partial charge in [-0.2, -0.15) is 0 Å². The summed E-state index contributed by atoms with van der Waals surface area (Å²) >= 11 is 0. The second-order valence-electron chi connectivity index (χ2n) is 4.67. The summed E-state index contributed by atoms with van der Waals surface area (Å²) in [6.45, 7) is 0.909. The average molecular weight is 227 g/mol. The summed E-state index contributed by atoms with van der Waals surface area (Å²) in [5, 5.41) is 3.48. The van der Waals surface area contributed by atoms with Gasteiger partial charge in [0.15, 0.2) is 0 Å². The SMILES string of the molecule is c1ccc(Cc2ncc(CNC3CC3)[nH]2)cc1. The Kier molecular flexibility index (Phi) is 2.92. The fourth-order valence-electron chi connectivity index (χ4n) is 1.92. The quantitative estimate of drug-likeness (QED) is 0.822. The average Bonchev–Trinajstić information content (AvgIpc) is 3.09. The zero-order valence-corrected chi connectivity index (χ0v) is 9.82. The highest BCUT2D eigenvalue weighted by atomic mass is 15.0. The first-order valence-corrected chi connectivity index (χ1v) is 6.20. The molecule has 0 aliphatic heterocycles. The van der Waals surface area contributed by atoms with Gasteiger partial charge >= 0.3 is 0 Å². The van der Waals surface area contributed by atoms with Crippen molar-refractivity contribution < 1.29 is 0 Å². The van der Waals surface area contributed by atoms with Gasteiger partial charge in [-0.05, 0) is 18.4 Å². The molecule has 1 aliphatic rings. The maximum absolute atomic E-state index is 4.41. The predicted octanol–water partition coefficient (Wildman–Crippen LogP) is 2.25. The monoisotopic (exact) mass is 227 g/mol. The van der Waals surface area contributed by atoms with Crippen LogP contribution in [0.5, 0.6) is 0 Å². The molecule has 0 radical (unpaired) electrons.